The summed E-state index contributed by atoms with van der Waals surface area (Å²) in [5.41, 5.74) is 7.54. The second kappa shape index (κ2) is 7.01. The van der Waals surface area contributed by atoms with E-state index in [1.165, 1.54) is 6.33 Å². The second-order valence-corrected chi connectivity index (χ2v) is 7.50. The van der Waals surface area contributed by atoms with Crippen molar-refractivity contribution in [2.75, 3.05) is 17.2 Å². The van der Waals surface area contributed by atoms with E-state index in [1.54, 1.807) is 18.1 Å². The molecule has 132 valence electrons. The van der Waals surface area contributed by atoms with Crippen molar-refractivity contribution in [2.24, 2.45) is 5.73 Å². The molecule has 1 aliphatic carbocycles. The fourth-order valence-corrected chi connectivity index (χ4v) is 4.24. The molecule has 4 N–H and O–H groups in total. The smallest absolute Gasteiger partial charge is 0.259 e. The Bertz CT molecular complexity index is 805. The van der Waals surface area contributed by atoms with E-state index in [2.05, 4.69) is 25.3 Å². The van der Waals surface area contributed by atoms with Crippen LogP contribution in [-0.4, -0.2) is 50.2 Å². The lowest BCUT2D eigenvalue weighted by atomic mass is 9.91. The van der Waals surface area contributed by atoms with Gasteiger partial charge in [0.1, 0.15) is 11.8 Å². The predicted molar refractivity (Wildman–Crippen MR) is 97.9 cm³/mol. The molecule has 9 heteroatoms. The van der Waals surface area contributed by atoms with Gasteiger partial charge in [-0.25, -0.2) is 15.0 Å². The van der Waals surface area contributed by atoms with E-state index in [1.807, 2.05) is 11.1 Å². The molecule has 0 unspecified atom stereocenters. The number of carbonyl (C=O) groups excluding carboxylic acids is 1. The highest BCUT2D eigenvalue weighted by Gasteiger charge is 2.26. The van der Waals surface area contributed by atoms with E-state index in [4.69, 9.17) is 5.73 Å². The molecule has 0 spiro atoms. The zero-order chi connectivity index (χ0) is 17.2. The Hall–Kier alpha value is -2.13. The minimum absolute atomic E-state index is 0.0491. The topological polar surface area (TPSA) is 113 Å². The number of hydrogen-bond donors (Lipinski definition) is 3. The van der Waals surface area contributed by atoms with Crippen LogP contribution < -0.4 is 16.0 Å². The first-order chi connectivity index (χ1) is 12.2. The third-order valence-corrected chi connectivity index (χ3v) is 5.69. The Morgan fingerprint density at radius 2 is 2.20 bits per heavy atom. The summed E-state index contributed by atoms with van der Waals surface area (Å²) < 4.78 is 0. The number of nitrogens with one attached hydrogen (secondary N) is 2. The molecule has 0 bridgehead atoms. The first-order valence-electron chi connectivity index (χ1n) is 8.54. The van der Waals surface area contributed by atoms with Gasteiger partial charge in [0.05, 0.1) is 11.2 Å². The molecule has 2 aromatic rings. The number of thioether (sulfide) groups is 1. The molecule has 1 saturated carbocycles. The van der Waals surface area contributed by atoms with E-state index in [0.717, 1.165) is 49.3 Å². The molecule has 2 atom stereocenters. The van der Waals surface area contributed by atoms with E-state index in [-0.39, 0.29) is 18.0 Å². The fourth-order valence-electron chi connectivity index (χ4n) is 3.34. The Kier molecular flexibility index (Phi) is 4.58. The predicted octanol–water partition coefficient (Wildman–Crippen LogP) is 1.13. The van der Waals surface area contributed by atoms with Crippen molar-refractivity contribution in [2.45, 2.75) is 37.8 Å². The average Bonchev–Trinajstić information content (AvgIpc) is 3.12. The maximum atomic E-state index is 12.7. The van der Waals surface area contributed by atoms with E-state index in [0.29, 0.717) is 10.6 Å². The molecular formula is C16H21N7OS. The number of nitrogens with zero attached hydrogens (tertiary/aromatic N) is 4. The van der Waals surface area contributed by atoms with Gasteiger partial charge in [0.25, 0.3) is 5.91 Å². The number of rotatable bonds is 3. The van der Waals surface area contributed by atoms with Crippen molar-refractivity contribution in [3.8, 4) is 0 Å². The van der Waals surface area contributed by atoms with Crippen LogP contribution in [0.2, 0.25) is 0 Å². The van der Waals surface area contributed by atoms with Gasteiger partial charge in [0, 0.05) is 30.6 Å². The van der Waals surface area contributed by atoms with Gasteiger partial charge in [-0.1, -0.05) is 12.8 Å². The molecule has 2 aromatic heterocycles. The summed E-state index contributed by atoms with van der Waals surface area (Å²) in [7, 11) is 0. The largest absolute Gasteiger partial charge is 0.347 e. The van der Waals surface area contributed by atoms with Crippen LogP contribution in [0.1, 0.15) is 25.7 Å². The van der Waals surface area contributed by atoms with Crippen molar-refractivity contribution >= 4 is 34.7 Å². The molecule has 2 aliphatic rings. The summed E-state index contributed by atoms with van der Waals surface area (Å²) in [6.45, 7) is 0.773. The highest BCUT2D eigenvalue weighted by Crippen LogP contribution is 2.28. The van der Waals surface area contributed by atoms with Gasteiger partial charge in [-0.2, -0.15) is 0 Å². The Labute approximate surface area is 149 Å². The Morgan fingerprint density at radius 3 is 3.08 bits per heavy atom. The number of amides is 1. The lowest BCUT2D eigenvalue weighted by molar-refractivity contribution is -0.117. The highest BCUT2D eigenvalue weighted by atomic mass is 32.2. The molecular weight excluding hydrogens is 338 g/mol. The first kappa shape index (κ1) is 16.3. The van der Waals surface area contributed by atoms with Gasteiger partial charge in [-0.3, -0.25) is 4.79 Å². The summed E-state index contributed by atoms with van der Waals surface area (Å²) in [6.07, 6.45) is 9.15. The molecule has 0 radical (unpaired) electrons. The lowest BCUT2D eigenvalue weighted by Crippen LogP contribution is -2.49. The van der Waals surface area contributed by atoms with E-state index in [9.17, 15) is 4.79 Å². The van der Waals surface area contributed by atoms with Crippen molar-refractivity contribution < 1.29 is 4.79 Å². The SMILES string of the molecule is N[C@@H]1CCCC[C@@H]1NC(=O)C1=CN(c2ncnc3nc[nH]c23)CCS1. The molecule has 4 rings (SSSR count). The summed E-state index contributed by atoms with van der Waals surface area (Å²) in [6, 6.07) is 0.117. The minimum atomic E-state index is -0.0491. The Morgan fingerprint density at radius 1 is 1.32 bits per heavy atom. The monoisotopic (exact) mass is 359 g/mol. The molecule has 3 heterocycles. The molecule has 1 aliphatic heterocycles. The zero-order valence-electron chi connectivity index (χ0n) is 13.8. The summed E-state index contributed by atoms with van der Waals surface area (Å²) in [4.78, 5) is 31.1. The first-order valence-corrected chi connectivity index (χ1v) is 9.53. The van der Waals surface area contributed by atoms with Crippen LogP contribution in [0.3, 0.4) is 0 Å². The lowest BCUT2D eigenvalue weighted by Gasteiger charge is -2.30. The number of aromatic amines is 1. The minimum Gasteiger partial charge on any atom is -0.347 e. The van der Waals surface area contributed by atoms with Crippen LogP contribution in [-0.2, 0) is 4.79 Å². The van der Waals surface area contributed by atoms with Crippen LogP contribution in [0.15, 0.2) is 23.8 Å². The normalized spacial score (nSPS) is 24.2. The summed E-state index contributed by atoms with van der Waals surface area (Å²) in [5.74, 6) is 1.50. The Balaban J connectivity index is 1.54. The van der Waals surface area contributed by atoms with Gasteiger partial charge in [-0.05, 0) is 12.8 Å². The number of hydrogen-bond acceptors (Lipinski definition) is 7. The zero-order valence-corrected chi connectivity index (χ0v) is 14.6. The van der Waals surface area contributed by atoms with Crippen molar-refractivity contribution in [3.63, 3.8) is 0 Å². The molecule has 0 aromatic carbocycles. The van der Waals surface area contributed by atoms with Gasteiger partial charge in [0.2, 0.25) is 0 Å². The van der Waals surface area contributed by atoms with Gasteiger partial charge in [-0.15, -0.1) is 11.8 Å². The third kappa shape index (κ3) is 3.34. The molecule has 25 heavy (non-hydrogen) atoms. The second-order valence-electron chi connectivity index (χ2n) is 6.36. The van der Waals surface area contributed by atoms with Gasteiger partial charge >= 0.3 is 0 Å². The molecule has 1 fully saturated rings. The number of imidazole rings is 1. The van der Waals surface area contributed by atoms with Crippen LogP contribution in [0.5, 0.6) is 0 Å². The van der Waals surface area contributed by atoms with E-state index >= 15 is 0 Å². The maximum Gasteiger partial charge on any atom is 0.259 e. The number of carbonyl (C=O) groups is 1. The van der Waals surface area contributed by atoms with Crippen LogP contribution in [0.4, 0.5) is 5.82 Å². The molecule has 8 nitrogen and oxygen atoms in total. The van der Waals surface area contributed by atoms with Crippen LogP contribution in [0.25, 0.3) is 11.2 Å². The summed E-state index contributed by atoms with van der Waals surface area (Å²) in [5, 5.41) is 3.11. The average molecular weight is 359 g/mol. The highest BCUT2D eigenvalue weighted by molar-refractivity contribution is 8.04. The third-order valence-electron chi connectivity index (χ3n) is 4.70. The number of H-pyrrole nitrogens is 1. The standard InChI is InChI=1S/C16H21N7OS/c17-10-3-1-2-4-11(10)22-16(24)12-7-23(5-6-25-12)15-13-14(19-8-18-13)20-9-21-15/h7-11H,1-6,17H2,(H,22,24)(H,18,19,20,21)/t10-,11+/m1/s1. The fraction of sp³-hybridized carbons (Fsp3) is 0.500. The van der Waals surface area contributed by atoms with Crippen molar-refractivity contribution in [1.82, 2.24) is 25.3 Å². The van der Waals surface area contributed by atoms with Crippen LogP contribution >= 0.6 is 11.8 Å². The number of fused-ring (bicyclic) bond motifs is 1. The van der Waals surface area contributed by atoms with Crippen LogP contribution in [0, 0.1) is 0 Å². The quantitative estimate of drug-likeness (QED) is 0.753. The van der Waals surface area contributed by atoms with Crippen molar-refractivity contribution in [3.05, 3.63) is 23.8 Å². The summed E-state index contributed by atoms with van der Waals surface area (Å²) >= 11 is 1.56. The van der Waals surface area contributed by atoms with Gasteiger partial charge in [0.15, 0.2) is 11.5 Å². The van der Waals surface area contributed by atoms with Gasteiger partial charge < -0.3 is 20.9 Å². The molecule has 1 amide bonds. The molecule has 0 saturated heterocycles. The number of nitrogens with two attached hydrogens (primary N) is 1. The van der Waals surface area contributed by atoms with Crippen molar-refractivity contribution in [1.29, 1.82) is 0 Å². The maximum absolute atomic E-state index is 12.7. The number of aromatic nitrogens is 4. The van der Waals surface area contributed by atoms with E-state index < -0.39 is 0 Å². The number of anilines is 1.